The van der Waals surface area contributed by atoms with Gasteiger partial charge in [0.2, 0.25) is 0 Å². The second-order valence-corrected chi connectivity index (χ2v) is 4.81. The molecule has 1 aliphatic carbocycles. The molecule has 1 aliphatic heterocycles. The molecule has 2 heteroatoms. The Hall–Kier alpha value is -0.860. The first-order chi connectivity index (χ1) is 7.77. The average molecular weight is 218 g/mol. The van der Waals surface area contributed by atoms with Gasteiger partial charge in [0.05, 0.1) is 0 Å². The highest BCUT2D eigenvalue weighted by Crippen LogP contribution is 2.17. The van der Waals surface area contributed by atoms with Crippen molar-refractivity contribution in [1.29, 1.82) is 0 Å². The van der Waals surface area contributed by atoms with Gasteiger partial charge in [-0.05, 0) is 14.0 Å². The van der Waals surface area contributed by atoms with Gasteiger partial charge in [-0.25, -0.2) is 0 Å². The van der Waals surface area contributed by atoms with Gasteiger partial charge < -0.3 is 4.90 Å². The first-order valence-electron chi connectivity index (χ1n) is 6.21. The van der Waals surface area contributed by atoms with Crippen LogP contribution in [0.15, 0.2) is 36.5 Å². The fourth-order valence-electron chi connectivity index (χ4n) is 2.37. The monoisotopic (exact) mass is 218 g/mol. The topological polar surface area (TPSA) is 6.48 Å². The fraction of sp³-hybridized carbons (Fsp3) is 0.571. The van der Waals surface area contributed by atoms with E-state index in [9.17, 15) is 0 Å². The molecular weight excluding hydrogens is 196 g/mol. The summed E-state index contributed by atoms with van der Waals surface area (Å²) in [6, 6.07) is 0.612. The van der Waals surface area contributed by atoms with E-state index in [1.54, 1.807) is 0 Å². The lowest BCUT2D eigenvalue weighted by molar-refractivity contribution is 0.108. The van der Waals surface area contributed by atoms with Gasteiger partial charge in [-0.1, -0.05) is 36.5 Å². The molecule has 2 nitrogen and oxygen atoms in total. The molecule has 1 unspecified atom stereocenters. The molecule has 0 aromatic carbocycles. The maximum atomic E-state index is 2.60. The summed E-state index contributed by atoms with van der Waals surface area (Å²) in [5.41, 5.74) is 0. The number of allylic oxidation sites excluding steroid dienone is 4. The third-order valence-electron chi connectivity index (χ3n) is 3.67. The molecule has 0 amide bonds. The van der Waals surface area contributed by atoms with Gasteiger partial charge in [-0.2, -0.15) is 0 Å². The molecular formula is C14H22N2. The molecule has 0 aromatic heterocycles. The van der Waals surface area contributed by atoms with Crippen molar-refractivity contribution in [2.45, 2.75) is 13.0 Å². The van der Waals surface area contributed by atoms with E-state index in [2.05, 4.69) is 60.2 Å². The summed E-state index contributed by atoms with van der Waals surface area (Å²) >= 11 is 0. The van der Waals surface area contributed by atoms with Crippen LogP contribution in [0.3, 0.4) is 0 Å². The molecule has 0 saturated carbocycles. The van der Waals surface area contributed by atoms with Crippen molar-refractivity contribution in [3.8, 4) is 0 Å². The predicted octanol–water partition coefficient (Wildman–Crippen LogP) is 1.92. The fourth-order valence-corrected chi connectivity index (χ4v) is 2.37. The van der Waals surface area contributed by atoms with Crippen LogP contribution in [0.1, 0.15) is 6.92 Å². The minimum absolute atomic E-state index is 0.554. The molecule has 0 bridgehead atoms. The van der Waals surface area contributed by atoms with Crippen molar-refractivity contribution in [1.82, 2.24) is 9.80 Å². The zero-order valence-corrected chi connectivity index (χ0v) is 10.3. The second kappa shape index (κ2) is 5.46. The third kappa shape index (κ3) is 2.83. The van der Waals surface area contributed by atoms with Crippen LogP contribution in [0.5, 0.6) is 0 Å². The average Bonchev–Trinajstić information content (AvgIpc) is 2.57. The molecule has 16 heavy (non-hydrogen) atoms. The summed E-state index contributed by atoms with van der Waals surface area (Å²) in [5.74, 6) is 0.554. The van der Waals surface area contributed by atoms with Gasteiger partial charge in [0.1, 0.15) is 0 Å². The lowest BCUT2D eigenvalue weighted by Gasteiger charge is -2.38. The number of nitrogens with zero attached hydrogens (tertiary/aromatic N) is 2. The quantitative estimate of drug-likeness (QED) is 0.698. The standard InChI is InChI=1S/C14H22N2/c1-13(14-7-5-3-4-6-8-14)16-11-9-15(2)10-12-16/h3-8,13-14H,9-12H2,1-2H3. The van der Waals surface area contributed by atoms with E-state index in [0.29, 0.717) is 12.0 Å². The lowest BCUT2D eigenvalue weighted by Crippen LogP contribution is -2.49. The Morgan fingerprint density at radius 2 is 1.50 bits per heavy atom. The molecule has 1 fully saturated rings. The molecule has 2 aliphatic rings. The zero-order chi connectivity index (χ0) is 11.4. The Balaban J connectivity index is 1.94. The van der Waals surface area contributed by atoms with Crippen LogP contribution in [0.25, 0.3) is 0 Å². The number of hydrogen-bond donors (Lipinski definition) is 0. The molecule has 0 N–H and O–H groups in total. The van der Waals surface area contributed by atoms with Crippen LogP contribution >= 0.6 is 0 Å². The van der Waals surface area contributed by atoms with Gasteiger partial charge in [-0.15, -0.1) is 0 Å². The molecule has 1 atom stereocenters. The highest BCUT2D eigenvalue weighted by atomic mass is 15.3. The zero-order valence-electron chi connectivity index (χ0n) is 10.3. The summed E-state index contributed by atoms with van der Waals surface area (Å²) in [4.78, 5) is 5.01. The molecule has 1 heterocycles. The van der Waals surface area contributed by atoms with Crippen molar-refractivity contribution in [2.24, 2.45) is 5.92 Å². The molecule has 0 spiro atoms. The van der Waals surface area contributed by atoms with E-state index in [4.69, 9.17) is 0 Å². The Morgan fingerprint density at radius 1 is 0.938 bits per heavy atom. The van der Waals surface area contributed by atoms with Crippen molar-refractivity contribution < 1.29 is 0 Å². The van der Waals surface area contributed by atoms with Crippen LogP contribution in [0.2, 0.25) is 0 Å². The summed E-state index contributed by atoms with van der Waals surface area (Å²) in [6.45, 7) is 7.13. The van der Waals surface area contributed by atoms with Crippen molar-refractivity contribution in [3.05, 3.63) is 36.5 Å². The van der Waals surface area contributed by atoms with Gasteiger partial charge in [-0.3, -0.25) is 4.90 Å². The summed E-state index contributed by atoms with van der Waals surface area (Å²) in [6.07, 6.45) is 13.2. The molecule has 0 radical (unpaired) electrons. The second-order valence-electron chi connectivity index (χ2n) is 4.81. The minimum Gasteiger partial charge on any atom is -0.304 e. The predicted molar refractivity (Wildman–Crippen MR) is 69.4 cm³/mol. The lowest BCUT2D eigenvalue weighted by atomic mass is 9.98. The van der Waals surface area contributed by atoms with Crippen molar-refractivity contribution in [2.75, 3.05) is 33.2 Å². The van der Waals surface area contributed by atoms with Gasteiger partial charge in [0.15, 0.2) is 0 Å². The highest BCUT2D eigenvalue weighted by Gasteiger charge is 2.22. The first-order valence-corrected chi connectivity index (χ1v) is 6.21. The highest BCUT2D eigenvalue weighted by molar-refractivity contribution is 5.20. The Bertz CT molecular complexity index is 280. The largest absolute Gasteiger partial charge is 0.304 e. The van der Waals surface area contributed by atoms with Crippen molar-refractivity contribution >= 4 is 0 Å². The van der Waals surface area contributed by atoms with E-state index in [0.717, 1.165) is 0 Å². The molecule has 0 aromatic rings. The number of hydrogen-bond acceptors (Lipinski definition) is 2. The Kier molecular flexibility index (Phi) is 3.97. The van der Waals surface area contributed by atoms with E-state index >= 15 is 0 Å². The van der Waals surface area contributed by atoms with E-state index in [1.165, 1.54) is 26.2 Å². The normalized spacial score (nSPS) is 25.9. The Morgan fingerprint density at radius 3 is 2.06 bits per heavy atom. The molecule has 88 valence electrons. The van der Waals surface area contributed by atoms with Gasteiger partial charge in [0, 0.05) is 38.1 Å². The van der Waals surface area contributed by atoms with E-state index < -0.39 is 0 Å². The van der Waals surface area contributed by atoms with E-state index in [1.807, 2.05) is 0 Å². The molecule has 2 rings (SSSR count). The van der Waals surface area contributed by atoms with Gasteiger partial charge in [0.25, 0.3) is 0 Å². The summed E-state index contributed by atoms with van der Waals surface area (Å²) in [5, 5.41) is 0. The van der Waals surface area contributed by atoms with Crippen LogP contribution in [0, 0.1) is 5.92 Å². The SMILES string of the molecule is CC(C1C=CC=CC=C1)N1CCN(C)CC1. The number of likely N-dealkylation sites (N-methyl/N-ethyl adjacent to an activating group) is 1. The summed E-state index contributed by atoms with van der Waals surface area (Å²) in [7, 11) is 2.21. The third-order valence-corrected chi connectivity index (χ3v) is 3.67. The number of rotatable bonds is 2. The van der Waals surface area contributed by atoms with Gasteiger partial charge >= 0.3 is 0 Å². The smallest absolute Gasteiger partial charge is 0.0166 e. The van der Waals surface area contributed by atoms with Crippen LogP contribution in [-0.4, -0.2) is 49.1 Å². The van der Waals surface area contributed by atoms with Crippen LogP contribution in [0.4, 0.5) is 0 Å². The van der Waals surface area contributed by atoms with Crippen LogP contribution < -0.4 is 0 Å². The maximum absolute atomic E-state index is 2.60. The first kappa shape index (κ1) is 11.6. The van der Waals surface area contributed by atoms with Crippen molar-refractivity contribution in [3.63, 3.8) is 0 Å². The van der Waals surface area contributed by atoms with Crippen LogP contribution in [-0.2, 0) is 0 Å². The number of piperazine rings is 1. The summed E-state index contributed by atoms with van der Waals surface area (Å²) < 4.78 is 0. The Labute approximate surface area is 98.9 Å². The molecule has 1 saturated heterocycles. The maximum Gasteiger partial charge on any atom is 0.0166 e. The minimum atomic E-state index is 0.554. The van der Waals surface area contributed by atoms with E-state index in [-0.39, 0.29) is 0 Å².